The lowest BCUT2D eigenvalue weighted by Gasteiger charge is -2.07. The van der Waals surface area contributed by atoms with Crippen LogP contribution in [0.4, 0.5) is 5.69 Å². The third kappa shape index (κ3) is 2.76. The van der Waals surface area contributed by atoms with Gasteiger partial charge in [0.15, 0.2) is 0 Å². The van der Waals surface area contributed by atoms with Gasteiger partial charge >= 0.3 is 5.97 Å². The number of halogens is 1. The Morgan fingerprint density at radius 2 is 2.06 bits per heavy atom. The van der Waals surface area contributed by atoms with E-state index < -0.39 is 0 Å². The van der Waals surface area contributed by atoms with E-state index in [0.717, 1.165) is 16.5 Å². The number of benzene rings is 2. The molecule has 1 unspecified atom stereocenters. The number of carbonyl (C=O) groups is 1. The van der Waals surface area contributed by atoms with Gasteiger partial charge in [-0.1, -0.05) is 40.8 Å². The highest BCUT2D eigenvalue weighted by Crippen LogP contribution is 2.26. The minimum absolute atomic E-state index is 0.160. The normalized spacial score (nSPS) is 12.4. The molecule has 0 aromatic heterocycles. The van der Waals surface area contributed by atoms with Crippen molar-refractivity contribution in [3.63, 3.8) is 0 Å². The molecule has 0 aliphatic heterocycles. The Bertz CT molecular complexity index is 566. The zero-order valence-electron chi connectivity index (χ0n) is 9.44. The number of hydrogen-bond donors (Lipinski definition) is 1. The first-order chi connectivity index (χ1) is 8.08. The Kier molecular flexibility index (Phi) is 3.63. The molecule has 0 heterocycles. The monoisotopic (exact) mass is 342 g/mol. The van der Waals surface area contributed by atoms with Crippen molar-refractivity contribution in [1.82, 2.24) is 0 Å². The number of quaternary nitrogens is 1. The third-order valence-corrected chi connectivity index (χ3v) is 2.97. The van der Waals surface area contributed by atoms with Gasteiger partial charge in [-0.05, 0) is 24.4 Å². The lowest BCUT2D eigenvalue weighted by atomic mass is 10.1. The average molecular weight is 342 g/mol. The molecule has 0 fully saturated rings. The second kappa shape index (κ2) is 5.01. The molecule has 0 saturated heterocycles. The molecule has 0 bridgehead atoms. The summed E-state index contributed by atoms with van der Waals surface area (Å²) in [7, 11) is 0. The molecule has 88 valence electrons. The van der Waals surface area contributed by atoms with Crippen molar-refractivity contribution < 1.29 is 15.3 Å². The van der Waals surface area contributed by atoms with Crippen LogP contribution in [-0.4, -0.2) is 9.89 Å². The molecule has 17 heavy (non-hydrogen) atoms. The van der Waals surface area contributed by atoms with Crippen LogP contribution in [0.1, 0.15) is 6.92 Å². The fourth-order valence-corrected chi connectivity index (χ4v) is 1.74. The van der Waals surface area contributed by atoms with Crippen LogP contribution >= 0.6 is 22.6 Å². The van der Waals surface area contributed by atoms with Crippen LogP contribution in [0.5, 0.6) is 5.75 Å². The van der Waals surface area contributed by atoms with Gasteiger partial charge in [0.05, 0.1) is 0 Å². The first-order valence-electron chi connectivity index (χ1n) is 5.28. The average Bonchev–Trinajstić information content (AvgIpc) is 2.29. The number of carbonyl (C=O) groups excluding carboxylic acids is 1. The Morgan fingerprint density at radius 3 is 2.76 bits per heavy atom. The fraction of sp³-hybridized carbons (Fsp3) is 0.154. The third-order valence-electron chi connectivity index (χ3n) is 2.46. The summed E-state index contributed by atoms with van der Waals surface area (Å²) in [4.78, 5) is 11.5. The molecule has 1 atom stereocenters. The van der Waals surface area contributed by atoms with Crippen molar-refractivity contribution >= 4 is 45.0 Å². The molecule has 0 radical (unpaired) electrons. The minimum Gasteiger partial charge on any atom is -0.426 e. The molecule has 0 aliphatic carbocycles. The summed E-state index contributed by atoms with van der Waals surface area (Å²) in [5, 5.41) is 2.11. The minimum atomic E-state index is -0.236. The largest absolute Gasteiger partial charge is 0.426 e. The maximum Gasteiger partial charge on any atom is 0.323 e. The molecule has 4 heteroatoms. The molecule has 3 N–H and O–H groups in total. The van der Waals surface area contributed by atoms with Crippen molar-refractivity contribution in [3.8, 4) is 5.75 Å². The van der Waals surface area contributed by atoms with Gasteiger partial charge in [-0.3, -0.25) is 4.79 Å². The predicted molar refractivity (Wildman–Crippen MR) is 75.6 cm³/mol. The highest BCUT2D eigenvalue weighted by molar-refractivity contribution is 14.1. The van der Waals surface area contributed by atoms with E-state index in [1.165, 1.54) is 0 Å². The summed E-state index contributed by atoms with van der Waals surface area (Å²) in [6, 6.07) is 11.6. The van der Waals surface area contributed by atoms with Crippen molar-refractivity contribution in [1.29, 1.82) is 0 Å². The molecule has 0 amide bonds. The standard InChI is InChI=1S/C13H12INO2/c1-8(14)13(16)17-10-6-9-4-2-3-5-11(9)12(15)7-10/h2-8H,15H2,1H3/p+1. The van der Waals surface area contributed by atoms with Gasteiger partial charge in [0.1, 0.15) is 15.4 Å². The van der Waals surface area contributed by atoms with Crippen molar-refractivity contribution in [3.05, 3.63) is 36.4 Å². The fourth-order valence-electron chi connectivity index (χ4n) is 1.62. The van der Waals surface area contributed by atoms with Crippen LogP contribution in [0.2, 0.25) is 0 Å². The van der Waals surface area contributed by atoms with Gasteiger partial charge in [0.2, 0.25) is 0 Å². The van der Waals surface area contributed by atoms with Gasteiger partial charge in [-0.15, -0.1) is 0 Å². The zero-order chi connectivity index (χ0) is 12.4. The van der Waals surface area contributed by atoms with Crippen LogP contribution in [0.25, 0.3) is 10.8 Å². The molecule has 2 aromatic carbocycles. The zero-order valence-corrected chi connectivity index (χ0v) is 11.6. The molecule has 2 aromatic rings. The van der Waals surface area contributed by atoms with E-state index in [2.05, 4.69) is 5.73 Å². The Labute approximate surface area is 113 Å². The van der Waals surface area contributed by atoms with Crippen LogP contribution in [0.3, 0.4) is 0 Å². The highest BCUT2D eigenvalue weighted by Gasteiger charge is 2.13. The van der Waals surface area contributed by atoms with Crippen molar-refractivity contribution in [2.24, 2.45) is 0 Å². The van der Waals surface area contributed by atoms with Crippen LogP contribution in [0.15, 0.2) is 36.4 Å². The van der Waals surface area contributed by atoms with E-state index in [0.29, 0.717) is 5.75 Å². The lowest BCUT2D eigenvalue weighted by Crippen LogP contribution is -2.40. The first kappa shape index (κ1) is 12.3. The molecule has 0 saturated carbocycles. The van der Waals surface area contributed by atoms with Crippen LogP contribution < -0.4 is 10.5 Å². The first-order valence-corrected chi connectivity index (χ1v) is 6.53. The van der Waals surface area contributed by atoms with E-state index in [1.54, 1.807) is 13.0 Å². The second-order valence-electron chi connectivity index (χ2n) is 3.84. The maximum absolute atomic E-state index is 11.5. The Morgan fingerprint density at radius 1 is 1.35 bits per heavy atom. The Balaban J connectivity index is 2.40. The summed E-state index contributed by atoms with van der Waals surface area (Å²) < 4.78 is 5.12. The smallest absolute Gasteiger partial charge is 0.323 e. The number of alkyl halides is 1. The van der Waals surface area contributed by atoms with Crippen LogP contribution in [0, 0.1) is 0 Å². The molecular formula is C13H13INO2+. The van der Waals surface area contributed by atoms with Gasteiger partial charge in [-0.25, -0.2) is 0 Å². The number of ether oxygens (including phenoxy) is 1. The maximum atomic E-state index is 11.5. The molecule has 0 spiro atoms. The molecular weight excluding hydrogens is 329 g/mol. The summed E-state index contributed by atoms with van der Waals surface area (Å²) in [6.07, 6.45) is 0. The SMILES string of the molecule is CC(I)C(=O)Oc1cc([NH3+])c2ccccc2c1. The number of rotatable bonds is 2. The van der Waals surface area contributed by atoms with Gasteiger partial charge in [-0.2, -0.15) is 0 Å². The topological polar surface area (TPSA) is 53.9 Å². The predicted octanol–water partition coefficient (Wildman–Crippen LogP) is 2.44. The van der Waals surface area contributed by atoms with Gasteiger partial charge < -0.3 is 10.5 Å². The van der Waals surface area contributed by atoms with Crippen molar-refractivity contribution in [2.45, 2.75) is 10.8 Å². The molecule has 3 nitrogen and oxygen atoms in total. The summed E-state index contributed by atoms with van der Waals surface area (Å²) in [5.74, 6) is 0.322. The summed E-state index contributed by atoms with van der Waals surface area (Å²) >= 11 is 2.03. The Hall–Kier alpha value is -1.14. The number of fused-ring (bicyclic) bond motifs is 1. The van der Waals surface area contributed by atoms with E-state index in [-0.39, 0.29) is 9.89 Å². The van der Waals surface area contributed by atoms with E-state index in [4.69, 9.17) is 4.74 Å². The van der Waals surface area contributed by atoms with Gasteiger partial charge in [0, 0.05) is 11.5 Å². The van der Waals surface area contributed by atoms with E-state index in [1.807, 2.05) is 52.9 Å². The van der Waals surface area contributed by atoms with E-state index >= 15 is 0 Å². The lowest BCUT2D eigenvalue weighted by molar-refractivity contribution is -0.252. The van der Waals surface area contributed by atoms with Crippen molar-refractivity contribution in [2.75, 3.05) is 0 Å². The number of esters is 1. The van der Waals surface area contributed by atoms with E-state index in [9.17, 15) is 4.79 Å². The molecule has 0 aliphatic rings. The summed E-state index contributed by atoms with van der Waals surface area (Å²) in [5.41, 5.74) is 4.84. The quantitative estimate of drug-likeness (QED) is 0.395. The molecule has 2 rings (SSSR count). The van der Waals surface area contributed by atoms with Gasteiger partial charge in [0.25, 0.3) is 0 Å². The van der Waals surface area contributed by atoms with Crippen LogP contribution in [-0.2, 0) is 4.79 Å². The number of hydrogen-bond acceptors (Lipinski definition) is 2. The second-order valence-corrected chi connectivity index (χ2v) is 5.71. The summed E-state index contributed by atoms with van der Waals surface area (Å²) in [6.45, 7) is 1.80. The highest BCUT2D eigenvalue weighted by atomic mass is 127.